The summed E-state index contributed by atoms with van der Waals surface area (Å²) in [6.07, 6.45) is 7.23. The van der Waals surface area contributed by atoms with E-state index in [2.05, 4.69) is 35.0 Å². The highest BCUT2D eigenvalue weighted by Crippen LogP contribution is 2.08. The summed E-state index contributed by atoms with van der Waals surface area (Å²) in [7, 11) is 0. The number of nitrogens with one attached hydrogen (secondary N) is 1. The molecule has 1 aromatic rings. The second-order valence-electron chi connectivity index (χ2n) is 3.91. The van der Waals surface area contributed by atoms with Crippen molar-refractivity contribution in [1.29, 1.82) is 0 Å². The number of imidazole rings is 1. The Kier molecular flexibility index (Phi) is 5.79. The molecule has 0 amide bonds. The highest BCUT2D eigenvalue weighted by Gasteiger charge is 2.03. The Morgan fingerprint density at radius 3 is 3.00 bits per heavy atom. The average Bonchev–Trinajstić information content (AvgIpc) is 2.66. The van der Waals surface area contributed by atoms with Gasteiger partial charge in [0.15, 0.2) is 0 Å². The van der Waals surface area contributed by atoms with Gasteiger partial charge in [-0.2, -0.15) is 11.8 Å². The lowest BCUT2D eigenvalue weighted by Crippen LogP contribution is -2.18. The zero-order valence-electron chi connectivity index (χ0n) is 9.86. The maximum absolute atomic E-state index is 4.18. The molecule has 0 aliphatic carbocycles. The molecule has 0 saturated carbocycles. The van der Waals surface area contributed by atoms with E-state index in [1.807, 2.05) is 24.3 Å². The van der Waals surface area contributed by atoms with Crippen LogP contribution in [0.1, 0.15) is 32.0 Å². The monoisotopic (exact) mass is 227 g/mol. The van der Waals surface area contributed by atoms with Crippen LogP contribution in [-0.2, 0) is 6.54 Å². The molecule has 0 aromatic carbocycles. The van der Waals surface area contributed by atoms with Crippen molar-refractivity contribution in [2.24, 2.45) is 0 Å². The molecule has 3 nitrogen and oxygen atoms in total. The molecule has 0 fully saturated rings. The van der Waals surface area contributed by atoms with Crippen LogP contribution in [0, 0.1) is 0 Å². The quantitative estimate of drug-likeness (QED) is 0.725. The molecule has 0 unspecified atom stereocenters. The fourth-order valence-electron chi connectivity index (χ4n) is 1.49. The van der Waals surface area contributed by atoms with Gasteiger partial charge in [0.25, 0.3) is 0 Å². The minimum absolute atomic E-state index is 0.496. The summed E-state index contributed by atoms with van der Waals surface area (Å²) in [5.74, 6) is 1.23. The van der Waals surface area contributed by atoms with Crippen molar-refractivity contribution >= 4 is 11.8 Å². The minimum Gasteiger partial charge on any atom is -0.331 e. The lowest BCUT2D eigenvalue weighted by atomic mass is 10.3. The second-order valence-corrected chi connectivity index (χ2v) is 4.89. The third kappa shape index (κ3) is 4.26. The molecule has 0 radical (unpaired) electrons. The largest absolute Gasteiger partial charge is 0.331 e. The van der Waals surface area contributed by atoms with Crippen molar-refractivity contribution < 1.29 is 0 Å². The fourth-order valence-corrected chi connectivity index (χ4v) is 1.92. The molecule has 1 heterocycles. The van der Waals surface area contributed by atoms with Gasteiger partial charge in [-0.3, -0.25) is 0 Å². The third-order valence-electron chi connectivity index (χ3n) is 2.31. The van der Waals surface area contributed by atoms with Crippen molar-refractivity contribution in [2.45, 2.75) is 32.9 Å². The van der Waals surface area contributed by atoms with Crippen molar-refractivity contribution in [3.63, 3.8) is 0 Å². The Labute approximate surface area is 96.7 Å². The summed E-state index contributed by atoms with van der Waals surface area (Å²) in [6, 6.07) is 0.496. The Morgan fingerprint density at radius 2 is 2.33 bits per heavy atom. The van der Waals surface area contributed by atoms with Crippen molar-refractivity contribution in [3.8, 4) is 0 Å². The summed E-state index contributed by atoms with van der Waals surface area (Å²) in [5.41, 5.74) is 1.27. The first-order valence-corrected chi connectivity index (χ1v) is 6.85. The number of rotatable bonds is 7. The van der Waals surface area contributed by atoms with Gasteiger partial charge in [-0.15, -0.1) is 0 Å². The van der Waals surface area contributed by atoms with Crippen LogP contribution in [0.4, 0.5) is 0 Å². The van der Waals surface area contributed by atoms with Gasteiger partial charge < -0.3 is 9.88 Å². The van der Waals surface area contributed by atoms with Crippen LogP contribution in [0.5, 0.6) is 0 Å². The standard InChI is InChI=1S/C11H21N3S/c1-10(2)14-9-13-8-11(14)7-12-5-4-6-15-3/h8-10,12H,4-7H2,1-3H3. The van der Waals surface area contributed by atoms with E-state index in [4.69, 9.17) is 0 Å². The number of nitrogens with zero attached hydrogens (tertiary/aromatic N) is 2. The van der Waals surface area contributed by atoms with Crippen LogP contribution in [0.2, 0.25) is 0 Å². The molecule has 4 heteroatoms. The van der Waals surface area contributed by atoms with E-state index >= 15 is 0 Å². The Morgan fingerprint density at radius 1 is 1.53 bits per heavy atom. The smallest absolute Gasteiger partial charge is 0.0951 e. The number of aromatic nitrogens is 2. The normalized spacial score (nSPS) is 11.2. The molecule has 0 bridgehead atoms. The van der Waals surface area contributed by atoms with E-state index < -0.39 is 0 Å². The SMILES string of the molecule is CSCCCNCc1cncn1C(C)C. The Hall–Kier alpha value is -0.480. The number of thioether (sulfide) groups is 1. The first-order valence-electron chi connectivity index (χ1n) is 5.46. The Balaban J connectivity index is 2.28. The topological polar surface area (TPSA) is 29.9 Å². The molecule has 0 aliphatic rings. The number of hydrogen-bond donors (Lipinski definition) is 1. The first kappa shape index (κ1) is 12.6. The van der Waals surface area contributed by atoms with Crippen LogP contribution in [0.25, 0.3) is 0 Å². The summed E-state index contributed by atoms with van der Waals surface area (Å²) >= 11 is 1.90. The predicted octanol–water partition coefficient (Wildman–Crippen LogP) is 2.31. The lowest BCUT2D eigenvalue weighted by Gasteiger charge is -2.12. The van der Waals surface area contributed by atoms with Crippen molar-refractivity contribution in [3.05, 3.63) is 18.2 Å². The highest BCUT2D eigenvalue weighted by molar-refractivity contribution is 7.98. The van der Waals surface area contributed by atoms with Crippen LogP contribution >= 0.6 is 11.8 Å². The molecule has 1 N–H and O–H groups in total. The zero-order valence-corrected chi connectivity index (χ0v) is 10.7. The molecule has 0 aliphatic heterocycles. The summed E-state index contributed by atoms with van der Waals surface area (Å²) in [5, 5.41) is 3.44. The molecule has 1 rings (SSSR count). The zero-order chi connectivity index (χ0) is 11.1. The van der Waals surface area contributed by atoms with E-state index in [0.717, 1.165) is 13.1 Å². The van der Waals surface area contributed by atoms with Crippen LogP contribution < -0.4 is 5.32 Å². The van der Waals surface area contributed by atoms with Gasteiger partial charge in [0, 0.05) is 18.8 Å². The maximum Gasteiger partial charge on any atom is 0.0951 e. The van der Waals surface area contributed by atoms with E-state index in [9.17, 15) is 0 Å². The van der Waals surface area contributed by atoms with Crippen LogP contribution in [0.3, 0.4) is 0 Å². The van der Waals surface area contributed by atoms with Gasteiger partial charge in [0.2, 0.25) is 0 Å². The molecule has 0 spiro atoms. The molecule has 0 atom stereocenters. The summed E-state index contributed by atoms with van der Waals surface area (Å²) < 4.78 is 2.21. The van der Waals surface area contributed by atoms with Crippen LogP contribution in [-0.4, -0.2) is 28.1 Å². The van der Waals surface area contributed by atoms with Gasteiger partial charge >= 0.3 is 0 Å². The number of hydrogen-bond acceptors (Lipinski definition) is 3. The second kappa shape index (κ2) is 6.90. The summed E-state index contributed by atoms with van der Waals surface area (Å²) in [4.78, 5) is 4.18. The van der Waals surface area contributed by atoms with Gasteiger partial charge in [-0.25, -0.2) is 4.98 Å². The molecular formula is C11H21N3S. The van der Waals surface area contributed by atoms with E-state index in [0.29, 0.717) is 6.04 Å². The van der Waals surface area contributed by atoms with Gasteiger partial charge in [-0.1, -0.05) is 0 Å². The van der Waals surface area contributed by atoms with Crippen molar-refractivity contribution in [2.75, 3.05) is 18.6 Å². The average molecular weight is 227 g/mol. The minimum atomic E-state index is 0.496. The van der Waals surface area contributed by atoms with E-state index in [-0.39, 0.29) is 0 Å². The van der Waals surface area contributed by atoms with E-state index in [1.54, 1.807) is 0 Å². The predicted molar refractivity (Wildman–Crippen MR) is 67.3 cm³/mol. The maximum atomic E-state index is 4.18. The van der Waals surface area contributed by atoms with Crippen LogP contribution in [0.15, 0.2) is 12.5 Å². The molecule has 15 heavy (non-hydrogen) atoms. The van der Waals surface area contributed by atoms with Crippen molar-refractivity contribution in [1.82, 2.24) is 14.9 Å². The third-order valence-corrected chi connectivity index (χ3v) is 3.01. The van der Waals surface area contributed by atoms with E-state index in [1.165, 1.54) is 17.9 Å². The van der Waals surface area contributed by atoms with Gasteiger partial charge in [0.1, 0.15) is 0 Å². The highest BCUT2D eigenvalue weighted by atomic mass is 32.2. The summed E-state index contributed by atoms with van der Waals surface area (Å²) in [6.45, 7) is 6.37. The first-order chi connectivity index (χ1) is 7.25. The molecule has 1 aromatic heterocycles. The molecule has 0 saturated heterocycles. The lowest BCUT2D eigenvalue weighted by molar-refractivity contribution is 0.550. The Bertz CT molecular complexity index is 271. The van der Waals surface area contributed by atoms with Gasteiger partial charge in [-0.05, 0) is 38.8 Å². The van der Waals surface area contributed by atoms with Gasteiger partial charge in [0.05, 0.1) is 12.0 Å². The molecular weight excluding hydrogens is 206 g/mol. The fraction of sp³-hybridized carbons (Fsp3) is 0.727. The molecule has 86 valence electrons.